The summed E-state index contributed by atoms with van der Waals surface area (Å²) in [6.07, 6.45) is 6.23. The Kier molecular flexibility index (Phi) is 11.1. The molecule has 12 nitrogen and oxygen atoms in total. The number of Topliss-reactive ketones (excluding diaryl/α,β-unsaturated/α-hetero) is 1. The Hall–Kier alpha value is -3.74. The van der Waals surface area contributed by atoms with Crippen molar-refractivity contribution in [3.8, 4) is 11.6 Å². The molecular formula is C41H57N3O9S. The molecule has 6 rings (SSSR count). The molecular weight excluding hydrogens is 711 g/mol. The van der Waals surface area contributed by atoms with Gasteiger partial charge in [-0.3, -0.25) is 23.9 Å². The molecule has 2 aliphatic carbocycles. The van der Waals surface area contributed by atoms with E-state index in [1.54, 1.807) is 13.3 Å². The quantitative estimate of drug-likeness (QED) is 0.320. The molecule has 0 unspecified atom stereocenters. The van der Waals surface area contributed by atoms with E-state index in [1.165, 1.54) is 4.90 Å². The van der Waals surface area contributed by atoms with E-state index in [1.807, 2.05) is 45.9 Å². The van der Waals surface area contributed by atoms with Crippen molar-refractivity contribution in [3.05, 3.63) is 30.0 Å². The van der Waals surface area contributed by atoms with Gasteiger partial charge in [0, 0.05) is 24.4 Å². The molecule has 1 N–H and O–H groups in total. The molecule has 13 heteroatoms. The largest absolute Gasteiger partial charge is 0.496 e. The highest BCUT2D eigenvalue weighted by molar-refractivity contribution is 7.90. The number of fused-ring (bicyclic) bond motifs is 3. The lowest BCUT2D eigenvalue weighted by molar-refractivity contribution is -0.155. The molecule has 2 amide bonds. The number of hydrogen-bond donors (Lipinski definition) is 1. The number of ketones is 1. The third-order valence-electron chi connectivity index (χ3n) is 12.1. The first-order valence-electron chi connectivity index (χ1n) is 19.5. The first kappa shape index (κ1) is 39.9. The number of aryl methyl sites for hydroxylation is 1. The topological polar surface area (TPSA) is 158 Å². The average molecular weight is 768 g/mol. The van der Waals surface area contributed by atoms with Crippen LogP contribution in [0, 0.1) is 28.1 Å². The van der Waals surface area contributed by atoms with Crippen LogP contribution >= 0.6 is 0 Å². The van der Waals surface area contributed by atoms with Crippen LogP contribution in [0.25, 0.3) is 10.8 Å². The molecule has 1 aromatic carbocycles. The summed E-state index contributed by atoms with van der Waals surface area (Å²) in [6, 6.07) is 4.95. The Bertz CT molecular complexity index is 1900. The Morgan fingerprint density at radius 1 is 1.13 bits per heavy atom. The molecule has 1 saturated heterocycles. The SMILES string of the molecule is CC[C@H]1C[C@]1(CC(=O)[C@@H]1C[C@@H]2CN1C(=O)[C@H](C(C)(C)C)CC(=O)OCC(C)(C)CCCCc1cc3c(nccc3cc1OC)O2)C(=O)NS(=O)(=O)C1CC1. The zero-order chi connectivity index (χ0) is 39.2. The fourth-order valence-corrected chi connectivity index (χ4v) is 9.74. The molecule has 4 bridgehead atoms. The van der Waals surface area contributed by atoms with Gasteiger partial charge in [0.05, 0.1) is 49.3 Å². The Morgan fingerprint density at radius 2 is 1.87 bits per heavy atom. The van der Waals surface area contributed by atoms with Gasteiger partial charge >= 0.3 is 5.97 Å². The monoisotopic (exact) mass is 767 g/mol. The number of ether oxygens (including phenoxy) is 3. The molecule has 0 spiro atoms. The van der Waals surface area contributed by atoms with Crippen molar-refractivity contribution < 1.29 is 41.8 Å². The maximum absolute atomic E-state index is 14.7. The third kappa shape index (κ3) is 8.55. The predicted molar refractivity (Wildman–Crippen MR) is 203 cm³/mol. The van der Waals surface area contributed by atoms with Gasteiger partial charge in [0.1, 0.15) is 11.9 Å². The minimum Gasteiger partial charge on any atom is -0.496 e. The summed E-state index contributed by atoms with van der Waals surface area (Å²) in [5, 5.41) is 1.09. The smallest absolute Gasteiger partial charge is 0.306 e. The van der Waals surface area contributed by atoms with Crippen LogP contribution in [0.5, 0.6) is 11.6 Å². The lowest BCUT2D eigenvalue weighted by Gasteiger charge is -2.35. The van der Waals surface area contributed by atoms with Gasteiger partial charge in [-0.15, -0.1) is 0 Å². The fourth-order valence-electron chi connectivity index (χ4n) is 8.36. The van der Waals surface area contributed by atoms with Gasteiger partial charge in [0.15, 0.2) is 5.78 Å². The highest BCUT2D eigenvalue weighted by Gasteiger charge is 2.62. The molecule has 54 heavy (non-hydrogen) atoms. The standard InChI is InChI=1S/C41H57N3O9S/c1-8-27-21-41(27,38(48)43-54(49,50)29-12-13-29)22-33(45)32-19-28-23-44(32)37(47)31(39(2,3)4)20-35(46)52-24-40(5,6)15-10-9-11-26-17-30-25(18-34(26)51-7)14-16-42-36(30)53-28/h14,16-18,27-29,31-32H,8-13,15,19-24H2,1-7H3,(H,43,48)/t27-,28+,31+,32-,41+/m0/s1. The van der Waals surface area contributed by atoms with Crippen LogP contribution in [-0.4, -0.2) is 79.5 Å². The van der Waals surface area contributed by atoms with Crippen LogP contribution in [-0.2, 0) is 40.4 Å². The molecule has 296 valence electrons. The second-order valence-corrected chi connectivity index (χ2v) is 19.9. The van der Waals surface area contributed by atoms with E-state index >= 15 is 0 Å². The lowest BCUT2D eigenvalue weighted by Crippen LogP contribution is -2.48. The van der Waals surface area contributed by atoms with Crippen molar-refractivity contribution in [3.63, 3.8) is 0 Å². The van der Waals surface area contributed by atoms with Crippen molar-refractivity contribution in [1.82, 2.24) is 14.6 Å². The van der Waals surface area contributed by atoms with Gasteiger partial charge < -0.3 is 19.1 Å². The Labute approximate surface area is 319 Å². The first-order chi connectivity index (χ1) is 25.4. The number of sulfonamides is 1. The Morgan fingerprint density at radius 3 is 2.52 bits per heavy atom. The van der Waals surface area contributed by atoms with E-state index < -0.39 is 56.0 Å². The van der Waals surface area contributed by atoms with Crippen molar-refractivity contribution >= 4 is 44.4 Å². The van der Waals surface area contributed by atoms with Gasteiger partial charge in [0.25, 0.3) is 0 Å². The number of esters is 1. The summed E-state index contributed by atoms with van der Waals surface area (Å²) < 4.78 is 46.0. The summed E-state index contributed by atoms with van der Waals surface area (Å²) >= 11 is 0. The van der Waals surface area contributed by atoms with Crippen LogP contribution in [0.2, 0.25) is 0 Å². The first-order valence-corrected chi connectivity index (χ1v) is 21.1. The van der Waals surface area contributed by atoms with Crippen LogP contribution in [0.3, 0.4) is 0 Å². The number of rotatable bonds is 8. The Balaban J connectivity index is 1.35. The van der Waals surface area contributed by atoms with E-state index in [0.29, 0.717) is 31.6 Å². The van der Waals surface area contributed by atoms with E-state index in [0.717, 1.165) is 47.8 Å². The predicted octanol–water partition coefficient (Wildman–Crippen LogP) is 5.92. The van der Waals surface area contributed by atoms with Gasteiger partial charge in [-0.25, -0.2) is 13.4 Å². The van der Waals surface area contributed by atoms with Gasteiger partial charge in [-0.1, -0.05) is 54.4 Å². The van der Waals surface area contributed by atoms with Crippen LogP contribution < -0.4 is 14.2 Å². The molecule has 2 aliphatic heterocycles. The molecule has 3 fully saturated rings. The number of carbonyl (C=O) groups excluding carboxylic acids is 4. The fraction of sp³-hybridized carbons (Fsp3) is 0.683. The molecule has 4 aliphatic rings. The van der Waals surface area contributed by atoms with Crippen molar-refractivity contribution in [1.29, 1.82) is 0 Å². The summed E-state index contributed by atoms with van der Waals surface area (Å²) in [5.41, 5.74) is -1.10. The molecule has 0 radical (unpaired) electrons. The van der Waals surface area contributed by atoms with Crippen molar-refractivity contribution in [2.45, 2.75) is 130 Å². The number of cyclic esters (lactones) is 1. The zero-order valence-electron chi connectivity index (χ0n) is 32.9. The van der Waals surface area contributed by atoms with Crippen LogP contribution in [0.15, 0.2) is 24.4 Å². The minimum absolute atomic E-state index is 0.0669. The maximum atomic E-state index is 14.7. The third-order valence-corrected chi connectivity index (χ3v) is 13.9. The average Bonchev–Trinajstić information content (AvgIpc) is 4.03. The van der Waals surface area contributed by atoms with E-state index in [9.17, 15) is 27.6 Å². The summed E-state index contributed by atoms with van der Waals surface area (Å²) in [5.74, 6) is -1.63. The molecule has 2 aromatic rings. The number of carbonyl (C=O) groups is 4. The number of hydrogen-bond acceptors (Lipinski definition) is 10. The second kappa shape index (κ2) is 15.1. The molecule has 5 atom stereocenters. The maximum Gasteiger partial charge on any atom is 0.306 e. The number of pyridine rings is 1. The number of methoxy groups -OCH3 is 1. The van der Waals surface area contributed by atoms with E-state index in [-0.39, 0.29) is 55.4 Å². The van der Waals surface area contributed by atoms with Gasteiger partial charge in [-0.2, -0.15) is 0 Å². The second-order valence-electron chi connectivity index (χ2n) is 17.9. The zero-order valence-corrected chi connectivity index (χ0v) is 33.7. The van der Waals surface area contributed by atoms with Crippen LogP contribution in [0.4, 0.5) is 0 Å². The van der Waals surface area contributed by atoms with Gasteiger partial charge in [-0.05, 0) is 84.4 Å². The summed E-state index contributed by atoms with van der Waals surface area (Å²) in [7, 11) is -2.17. The highest BCUT2D eigenvalue weighted by atomic mass is 32.2. The minimum atomic E-state index is -3.82. The van der Waals surface area contributed by atoms with E-state index in [4.69, 9.17) is 14.2 Å². The van der Waals surface area contributed by atoms with Crippen LogP contribution in [0.1, 0.15) is 111 Å². The summed E-state index contributed by atoms with van der Waals surface area (Å²) in [6.45, 7) is 12.0. The van der Waals surface area contributed by atoms with E-state index in [2.05, 4.69) is 23.6 Å². The normalized spacial score (nSPS) is 28.0. The number of aromatic nitrogens is 1. The van der Waals surface area contributed by atoms with Gasteiger partial charge in [0.2, 0.25) is 27.7 Å². The lowest BCUT2D eigenvalue weighted by atomic mass is 9.77. The van der Waals surface area contributed by atoms with Crippen molar-refractivity contribution in [2.24, 2.45) is 28.1 Å². The number of benzene rings is 1. The highest BCUT2D eigenvalue weighted by Crippen LogP contribution is 2.58. The molecule has 1 aromatic heterocycles. The number of nitrogens with zero attached hydrogens (tertiary/aromatic N) is 2. The number of nitrogens with one attached hydrogen (secondary N) is 1. The molecule has 3 heterocycles. The molecule has 2 saturated carbocycles. The number of amides is 2. The summed E-state index contributed by atoms with van der Waals surface area (Å²) in [4.78, 5) is 62.4. The van der Waals surface area contributed by atoms with Crippen molar-refractivity contribution in [2.75, 3.05) is 20.3 Å².